The molecule has 33 heavy (non-hydrogen) atoms. The molecule has 0 aromatic heterocycles. The summed E-state index contributed by atoms with van der Waals surface area (Å²) in [6.07, 6.45) is -2.56. The van der Waals surface area contributed by atoms with Gasteiger partial charge >= 0.3 is 11.9 Å². The highest BCUT2D eigenvalue weighted by molar-refractivity contribution is 5.94. The maximum Gasteiger partial charge on any atom is 0.332 e. The van der Waals surface area contributed by atoms with Gasteiger partial charge in [-0.2, -0.15) is 0 Å². The van der Waals surface area contributed by atoms with Gasteiger partial charge in [0, 0.05) is 12.8 Å². The SMILES string of the molecule is CC(=O)OC[C@@H]1NC(=O)[C@H]([C@@H](C)O)NC(=O)[C@H](C(C)C)NC(=O)[C@H](C)[C@H](O)[C@@H](C)COC1=O. The van der Waals surface area contributed by atoms with Crippen molar-refractivity contribution in [3.8, 4) is 0 Å². The third kappa shape index (κ3) is 8.28. The van der Waals surface area contributed by atoms with Crippen LogP contribution in [0.2, 0.25) is 0 Å². The first-order valence-electron chi connectivity index (χ1n) is 10.8. The van der Waals surface area contributed by atoms with Crippen molar-refractivity contribution in [3.05, 3.63) is 0 Å². The fourth-order valence-corrected chi connectivity index (χ4v) is 3.16. The number of carbonyl (C=O) groups is 5. The predicted octanol–water partition coefficient (Wildman–Crippen LogP) is -1.77. The summed E-state index contributed by atoms with van der Waals surface area (Å²) in [5, 5.41) is 27.9. The Bertz CT molecular complexity index is 740. The number of hydrogen-bond donors (Lipinski definition) is 5. The van der Waals surface area contributed by atoms with Crippen LogP contribution in [0.25, 0.3) is 0 Å². The van der Waals surface area contributed by atoms with E-state index in [4.69, 9.17) is 9.47 Å². The van der Waals surface area contributed by atoms with Gasteiger partial charge < -0.3 is 35.6 Å². The lowest BCUT2D eigenvalue weighted by Gasteiger charge is -2.28. The maximum atomic E-state index is 12.9. The minimum atomic E-state index is -1.48. The molecule has 0 aliphatic carbocycles. The first-order chi connectivity index (χ1) is 15.3. The van der Waals surface area contributed by atoms with E-state index in [1.165, 1.54) is 13.8 Å². The van der Waals surface area contributed by atoms with Gasteiger partial charge in [-0.25, -0.2) is 4.79 Å². The van der Waals surface area contributed by atoms with E-state index >= 15 is 0 Å². The quantitative estimate of drug-likeness (QED) is 0.295. The number of amides is 3. The highest BCUT2D eigenvalue weighted by atomic mass is 16.6. The molecule has 12 heteroatoms. The third-order valence-corrected chi connectivity index (χ3v) is 5.36. The maximum absolute atomic E-state index is 12.9. The van der Waals surface area contributed by atoms with Crippen LogP contribution in [-0.4, -0.2) is 83.4 Å². The minimum Gasteiger partial charge on any atom is -0.464 e. The van der Waals surface area contributed by atoms with Gasteiger partial charge in [0.2, 0.25) is 17.7 Å². The zero-order chi connectivity index (χ0) is 25.5. The van der Waals surface area contributed by atoms with Crippen LogP contribution < -0.4 is 16.0 Å². The van der Waals surface area contributed by atoms with Crippen molar-refractivity contribution in [1.29, 1.82) is 0 Å². The van der Waals surface area contributed by atoms with E-state index in [9.17, 15) is 34.2 Å². The predicted molar refractivity (Wildman–Crippen MR) is 114 cm³/mol. The number of ether oxygens (including phenoxy) is 2. The van der Waals surface area contributed by atoms with E-state index in [-0.39, 0.29) is 12.5 Å². The van der Waals surface area contributed by atoms with Crippen molar-refractivity contribution in [2.75, 3.05) is 13.2 Å². The van der Waals surface area contributed by atoms with E-state index in [1.54, 1.807) is 20.8 Å². The lowest BCUT2D eigenvalue weighted by molar-refractivity contribution is -0.155. The second-order valence-electron chi connectivity index (χ2n) is 8.71. The molecule has 1 saturated heterocycles. The molecule has 0 aromatic rings. The zero-order valence-electron chi connectivity index (χ0n) is 19.8. The number of cyclic esters (lactones) is 1. The van der Waals surface area contributed by atoms with Crippen molar-refractivity contribution >= 4 is 29.7 Å². The second-order valence-corrected chi connectivity index (χ2v) is 8.71. The normalized spacial score (nSPS) is 31.3. The number of nitrogens with one attached hydrogen (secondary N) is 3. The summed E-state index contributed by atoms with van der Waals surface area (Å²) in [4.78, 5) is 62.1. The van der Waals surface area contributed by atoms with Crippen LogP contribution >= 0.6 is 0 Å². The molecular weight excluding hydrogens is 438 g/mol. The summed E-state index contributed by atoms with van der Waals surface area (Å²) in [6.45, 7) is 7.96. The van der Waals surface area contributed by atoms with Crippen molar-refractivity contribution in [1.82, 2.24) is 16.0 Å². The molecule has 7 atom stereocenters. The summed E-state index contributed by atoms with van der Waals surface area (Å²) in [7, 11) is 0. The van der Waals surface area contributed by atoms with Crippen molar-refractivity contribution in [2.24, 2.45) is 17.8 Å². The molecule has 3 amide bonds. The van der Waals surface area contributed by atoms with E-state index in [0.717, 1.165) is 6.92 Å². The van der Waals surface area contributed by atoms with Crippen LogP contribution in [0.5, 0.6) is 0 Å². The molecule has 0 aromatic carbocycles. The Hall–Kier alpha value is -2.73. The average molecular weight is 474 g/mol. The van der Waals surface area contributed by atoms with Gasteiger partial charge in [-0.15, -0.1) is 0 Å². The Morgan fingerprint density at radius 3 is 2.09 bits per heavy atom. The molecule has 1 aliphatic rings. The number of carbonyl (C=O) groups excluding carboxylic acids is 5. The summed E-state index contributed by atoms with van der Waals surface area (Å²) in [5.74, 6) is -5.90. The first kappa shape index (κ1) is 28.3. The Kier molecular flexibility index (Phi) is 10.7. The van der Waals surface area contributed by atoms with Crippen LogP contribution in [0.4, 0.5) is 0 Å². The molecular formula is C21H35N3O9. The molecule has 0 saturated carbocycles. The van der Waals surface area contributed by atoms with Crippen molar-refractivity contribution < 1.29 is 43.7 Å². The van der Waals surface area contributed by atoms with Gasteiger partial charge in [-0.1, -0.05) is 27.7 Å². The summed E-state index contributed by atoms with van der Waals surface area (Å²) >= 11 is 0. The minimum absolute atomic E-state index is 0.283. The molecule has 188 valence electrons. The number of hydrogen-bond acceptors (Lipinski definition) is 9. The van der Waals surface area contributed by atoms with Crippen LogP contribution in [0, 0.1) is 17.8 Å². The summed E-state index contributed by atoms with van der Waals surface area (Å²) in [6, 6.07) is -3.96. The Morgan fingerprint density at radius 2 is 1.58 bits per heavy atom. The van der Waals surface area contributed by atoms with Gasteiger partial charge in [0.25, 0.3) is 0 Å². The van der Waals surface area contributed by atoms with Gasteiger partial charge in [0.15, 0.2) is 6.04 Å². The fraction of sp³-hybridized carbons (Fsp3) is 0.762. The molecule has 1 rings (SSSR count). The van der Waals surface area contributed by atoms with E-state index < -0.39 is 78.4 Å². The van der Waals surface area contributed by atoms with Crippen molar-refractivity contribution in [3.63, 3.8) is 0 Å². The Balaban J connectivity index is 3.33. The van der Waals surface area contributed by atoms with Crippen molar-refractivity contribution in [2.45, 2.75) is 71.9 Å². The molecule has 12 nitrogen and oxygen atoms in total. The Morgan fingerprint density at radius 1 is 1.03 bits per heavy atom. The van der Waals surface area contributed by atoms with Gasteiger partial charge in [-0.05, 0) is 12.8 Å². The monoisotopic (exact) mass is 473 g/mol. The molecule has 1 aliphatic heterocycles. The van der Waals surface area contributed by atoms with Crippen LogP contribution in [0.15, 0.2) is 0 Å². The van der Waals surface area contributed by atoms with Gasteiger partial charge in [-0.3, -0.25) is 19.2 Å². The van der Waals surface area contributed by atoms with E-state index in [1.807, 2.05) is 0 Å². The topological polar surface area (TPSA) is 180 Å². The standard InChI is InChI=1S/C21H35N3O9/c1-9(2)15-19(29)24-16(12(5)25)20(30)22-14(8-32-13(6)26)21(31)33-7-10(3)17(27)11(4)18(28)23-15/h9-12,14-17,25,27H,7-8H2,1-6H3,(H,22,30)(H,23,28)(H,24,29)/t10-,11+,12+,14-,15-,16-,17+/m0/s1. The third-order valence-electron chi connectivity index (χ3n) is 5.36. The van der Waals surface area contributed by atoms with Crippen LogP contribution in [0.3, 0.4) is 0 Å². The number of aliphatic hydroxyl groups excluding tert-OH is 2. The van der Waals surface area contributed by atoms with Crippen LogP contribution in [-0.2, 0) is 33.4 Å². The fourth-order valence-electron chi connectivity index (χ4n) is 3.16. The number of rotatable bonds is 4. The number of aliphatic hydroxyl groups is 2. The van der Waals surface area contributed by atoms with Gasteiger partial charge in [0.1, 0.15) is 18.7 Å². The lowest BCUT2D eigenvalue weighted by atomic mass is 9.92. The number of esters is 2. The van der Waals surface area contributed by atoms with Gasteiger partial charge in [0.05, 0.1) is 24.7 Å². The highest BCUT2D eigenvalue weighted by Gasteiger charge is 2.36. The lowest BCUT2D eigenvalue weighted by Crippen LogP contribution is -2.60. The first-order valence-corrected chi connectivity index (χ1v) is 10.8. The van der Waals surface area contributed by atoms with E-state index in [0.29, 0.717) is 0 Å². The summed E-state index contributed by atoms with van der Waals surface area (Å²) < 4.78 is 9.99. The highest BCUT2D eigenvalue weighted by Crippen LogP contribution is 2.16. The zero-order valence-corrected chi connectivity index (χ0v) is 19.8. The average Bonchev–Trinajstić information content (AvgIpc) is 2.73. The molecule has 1 fully saturated rings. The smallest absolute Gasteiger partial charge is 0.332 e. The molecule has 0 bridgehead atoms. The van der Waals surface area contributed by atoms with Crippen LogP contribution in [0.1, 0.15) is 41.5 Å². The molecule has 1 heterocycles. The molecule has 0 radical (unpaired) electrons. The van der Waals surface area contributed by atoms with E-state index in [2.05, 4.69) is 16.0 Å². The second kappa shape index (κ2) is 12.5. The summed E-state index contributed by atoms with van der Waals surface area (Å²) in [5.41, 5.74) is 0. The Labute approximate surface area is 192 Å². The molecule has 0 spiro atoms. The molecule has 0 unspecified atom stereocenters. The molecule has 5 N–H and O–H groups in total. The largest absolute Gasteiger partial charge is 0.464 e.